The second-order valence-electron chi connectivity index (χ2n) is 4.13. The highest BCUT2D eigenvalue weighted by Crippen LogP contribution is 2.24. The van der Waals surface area contributed by atoms with Gasteiger partial charge in [0.2, 0.25) is 0 Å². The van der Waals surface area contributed by atoms with Crippen LogP contribution in [0, 0.1) is 21.7 Å². The number of nitro groups is 1. The third-order valence-corrected chi connectivity index (χ3v) is 2.65. The molecule has 0 spiro atoms. The molecule has 0 radical (unpaired) electrons. The van der Waals surface area contributed by atoms with E-state index in [2.05, 4.69) is 5.32 Å². The number of non-ortho nitro benzene ring substituents is 1. The van der Waals surface area contributed by atoms with Gasteiger partial charge in [0, 0.05) is 6.54 Å². The molecule has 0 heterocycles. The molecule has 0 fully saturated rings. The average Bonchev–Trinajstić information content (AvgIpc) is 2.46. The average molecular weight is 294 g/mol. The molecule has 0 bridgehead atoms. The maximum atomic E-state index is 13.6. The maximum absolute atomic E-state index is 13.6. The first-order valence-corrected chi connectivity index (χ1v) is 6.13. The van der Waals surface area contributed by atoms with Gasteiger partial charge in [-0.15, -0.1) is 0 Å². The number of nitrogens with one attached hydrogen (secondary N) is 1. The van der Waals surface area contributed by atoms with E-state index in [-0.39, 0.29) is 13.2 Å². The summed E-state index contributed by atoms with van der Waals surface area (Å²) in [5.74, 6) is -1.38. The molecule has 0 atom stereocenters. The highest BCUT2D eigenvalue weighted by atomic mass is 19.1. The quantitative estimate of drug-likeness (QED) is 0.504. The molecule has 2 rings (SSSR count). The lowest BCUT2D eigenvalue weighted by molar-refractivity contribution is -0.385. The van der Waals surface area contributed by atoms with Crippen LogP contribution in [0.2, 0.25) is 0 Å². The molecule has 0 aliphatic heterocycles. The monoisotopic (exact) mass is 294 g/mol. The van der Waals surface area contributed by atoms with Crippen LogP contribution >= 0.6 is 0 Å². The molecule has 0 aliphatic rings. The number of halogens is 2. The van der Waals surface area contributed by atoms with Gasteiger partial charge in [0.05, 0.1) is 17.1 Å². The summed E-state index contributed by atoms with van der Waals surface area (Å²) >= 11 is 0. The summed E-state index contributed by atoms with van der Waals surface area (Å²) in [6, 6.07) is 10.3. The Bertz CT molecular complexity index is 612. The maximum Gasteiger partial charge on any atom is 0.275 e. The predicted octanol–water partition coefficient (Wildman–Crippen LogP) is 3.36. The lowest BCUT2D eigenvalue weighted by Crippen LogP contribution is -2.13. The van der Waals surface area contributed by atoms with Crippen LogP contribution in [0.15, 0.2) is 42.5 Å². The van der Waals surface area contributed by atoms with Crippen molar-refractivity contribution in [1.82, 2.24) is 0 Å². The van der Waals surface area contributed by atoms with E-state index in [0.29, 0.717) is 17.9 Å². The molecule has 110 valence electrons. The van der Waals surface area contributed by atoms with Gasteiger partial charge in [0.25, 0.3) is 5.69 Å². The van der Waals surface area contributed by atoms with E-state index in [1.54, 1.807) is 24.3 Å². The first kappa shape index (κ1) is 14.7. The summed E-state index contributed by atoms with van der Waals surface area (Å²) in [7, 11) is 0. The fraction of sp³-hybridized carbons (Fsp3) is 0.143. The molecule has 0 aromatic heterocycles. The number of hydrogen-bond donors (Lipinski definition) is 1. The molecule has 0 aliphatic carbocycles. The van der Waals surface area contributed by atoms with Crippen LogP contribution in [-0.4, -0.2) is 18.1 Å². The zero-order valence-electron chi connectivity index (χ0n) is 10.9. The molecule has 0 saturated heterocycles. The Morgan fingerprint density at radius 3 is 2.33 bits per heavy atom. The fourth-order valence-corrected chi connectivity index (χ4v) is 1.70. The van der Waals surface area contributed by atoms with Gasteiger partial charge in [-0.05, 0) is 12.1 Å². The summed E-state index contributed by atoms with van der Waals surface area (Å²) in [5, 5.41) is 13.0. The third kappa shape index (κ3) is 3.88. The summed E-state index contributed by atoms with van der Waals surface area (Å²) < 4.78 is 32.5. The molecule has 21 heavy (non-hydrogen) atoms. The lowest BCUT2D eigenvalue weighted by Gasteiger charge is -2.10. The van der Waals surface area contributed by atoms with Crippen LogP contribution in [0.3, 0.4) is 0 Å². The second kappa shape index (κ2) is 6.65. The zero-order chi connectivity index (χ0) is 15.2. The third-order valence-electron chi connectivity index (χ3n) is 2.65. The summed E-state index contributed by atoms with van der Waals surface area (Å²) in [5.41, 5.74) is -1.03. The minimum Gasteiger partial charge on any atom is -0.492 e. The molecule has 2 aromatic rings. The van der Waals surface area contributed by atoms with Crippen LogP contribution in [0.5, 0.6) is 5.75 Å². The summed E-state index contributed by atoms with van der Waals surface area (Å²) in [6.45, 7) is 0.348. The summed E-state index contributed by atoms with van der Waals surface area (Å²) in [4.78, 5) is 9.61. The van der Waals surface area contributed by atoms with Crippen molar-refractivity contribution in [2.75, 3.05) is 18.5 Å². The highest BCUT2D eigenvalue weighted by molar-refractivity contribution is 5.51. The lowest BCUT2D eigenvalue weighted by atomic mass is 10.2. The number of benzene rings is 2. The Balaban J connectivity index is 1.93. The van der Waals surface area contributed by atoms with Crippen LogP contribution in [-0.2, 0) is 0 Å². The Morgan fingerprint density at radius 2 is 1.76 bits per heavy atom. The van der Waals surface area contributed by atoms with Crippen LogP contribution < -0.4 is 10.1 Å². The molecule has 7 heteroatoms. The fourth-order valence-electron chi connectivity index (χ4n) is 1.70. The van der Waals surface area contributed by atoms with Gasteiger partial charge in [0.1, 0.15) is 18.0 Å². The van der Waals surface area contributed by atoms with Gasteiger partial charge in [-0.2, -0.15) is 0 Å². The van der Waals surface area contributed by atoms with Gasteiger partial charge in [-0.25, -0.2) is 8.78 Å². The second-order valence-corrected chi connectivity index (χ2v) is 4.13. The van der Waals surface area contributed by atoms with Crippen molar-refractivity contribution >= 4 is 11.4 Å². The van der Waals surface area contributed by atoms with Gasteiger partial charge in [0.15, 0.2) is 11.6 Å². The van der Waals surface area contributed by atoms with Crippen molar-refractivity contribution in [3.8, 4) is 5.75 Å². The first-order chi connectivity index (χ1) is 10.1. The molecule has 5 nitrogen and oxygen atoms in total. The number of anilines is 1. The van der Waals surface area contributed by atoms with E-state index >= 15 is 0 Å². The van der Waals surface area contributed by atoms with Crippen molar-refractivity contribution in [3.05, 3.63) is 64.2 Å². The number of para-hydroxylation sites is 1. The molecule has 0 saturated carbocycles. The SMILES string of the molecule is O=[N+]([O-])c1cc(F)c(NCCOc2ccccc2)c(F)c1. The van der Waals surface area contributed by atoms with Gasteiger partial charge < -0.3 is 10.1 Å². The minimum absolute atomic E-state index is 0.153. The topological polar surface area (TPSA) is 64.4 Å². The van der Waals surface area contributed by atoms with Crippen molar-refractivity contribution in [2.24, 2.45) is 0 Å². The molecular formula is C14H12F2N2O3. The molecular weight excluding hydrogens is 282 g/mol. The number of ether oxygens (including phenoxy) is 1. The number of rotatable bonds is 6. The molecule has 2 aromatic carbocycles. The van der Waals surface area contributed by atoms with Crippen LogP contribution in [0.25, 0.3) is 0 Å². The van der Waals surface area contributed by atoms with Gasteiger partial charge in [-0.1, -0.05) is 18.2 Å². The van der Waals surface area contributed by atoms with E-state index < -0.39 is 27.9 Å². The van der Waals surface area contributed by atoms with Crippen LogP contribution in [0.1, 0.15) is 0 Å². The Morgan fingerprint density at radius 1 is 1.14 bits per heavy atom. The van der Waals surface area contributed by atoms with Crippen molar-refractivity contribution in [2.45, 2.75) is 0 Å². The van der Waals surface area contributed by atoms with E-state index in [1.165, 1.54) is 0 Å². The van der Waals surface area contributed by atoms with Gasteiger partial charge in [-0.3, -0.25) is 10.1 Å². The van der Waals surface area contributed by atoms with Crippen molar-refractivity contribution in [1.29, 1.82) is 0 Å². The Hall–Kier alpha value is -2.70. The summed E-state index contributed by atoms with van der Waals surface area (Å²) in [6.07, 6.45) is 0. The van der Waals surface area contributed by atoms with Crippen molar-refractivity contribution < 1.29 is 18.4 Å². The van der Waals surface area contributed by atoms with Crippen molar-refractivity contribution in [3.63, 3.8) is 0 Å². The van der Waals surface area contributed by atoms with E-state index in [9.17, 15) is 18.9 Å². The normalized spacial score (nSPS) is 10.2. The number of nitro benzene ring substituents is 1. The molecule has 1 N–H and O–H groups in total. The van der Waals surface area contributed by atoms with Crippen LogP contribution in [0.4, 0.5) is 20.2 Å². The standard InChI is InChI=1S/C14H12F2N2O3/c15-12-8-10(18(19)20)9-13(16)14(12)17-6-7-21-11-4-2-1-3-5-11/h1-5,8-9,17H,6-7H2. The number of hydrogen-bond acceptors (Lipinski definition) is 4. The number of nitrogens with zero attached hydrogens (tertiary/aromatic N) is 1. The molecule has 0 amide bonds. The molecule has 0 unspecified atom stereocenters. The Kier molecular flexibility index (Phi) is 4.65. The smallest absolute Gasteiger partial charge is 0.275 e. The largest absolute Gasteiger partial charge is 0.492 e. The predicted molar refractivity (Wildman–Crippen MR) is 73.4 cm³/mol. The van der Waals surface area contributed by atoms with E-state index in [1.807, 2.05) is 6.07 Å². The van der Waals surface area contributed by atoms with Gasteiger partial charge >= 0.3 is 0 Å². The minimum atomic E-state index is -1.01. The zero-order valence-corrected chi connectivity index (χ0v) is 10.9. The highest BCUT2D eigenvalue weighted by Gasteiger charge is 2.16. The van der Waals surface area contributed by atoms with E-state index in [0.717, 1.165) is 0 Å². The first-order valence-electron chi connectivity index (χ1n) is 6.13. The Labute approximate surface area is 119 Å². The van der Waals surface area contributed by atoms with E-state index in [4.69, 9.17) is 4.74 Å².